The lowest BCUT2D eigenvalue weighted by atomic mass is 9.80. The Labute approximate surface area is 158 Å². The van der Waals surface area contributed by atoms with Crippen molar-refractivity contribution in [3.63, 3.8) is 0 Å². The lowest BCUT2D eigenvalue weighted by Gasteiger charge is -2.30. The number of aliphatic hydroxyl groups is 1. The molecule has 0 amide bonds. The predicted molar refractivity (Wildman–Crippen MR) is 106 cm³/mol. The summed E-state index contributed by atoms with van der Waals surface area (Å²) in [5.74, 6) is 0. The molecule has 0 bridgehead atoms. The van der Waals surface area contributed by atoms with E-state index in [1.54, 1.807) is 61.0 Å². The molecule has 5 heteroatoms. The molecule has 3 aromatic carbocycles. The van der Waals surface area contributed by atoms with Crippen molar-refractivity contribution in [2.24, 2.45) is 0 Å². The molecule has 0 aliphatic rings. The maximum atomic E-state index is 11.7. The van der Waals surface area contributed by atoms with Crippen LogP contribution in [0.15, 0.2) is 88.7 Å². The van der Waals surface area contributed by atoms with Gasteiger partial charge in [0.15, 0.2) is 0 Å². The molecule has 0 aliphatic carbocycles. The van der Waals surface area contributed by atoms with E-state index >= 15 is 0 Å². The van der Waals surface area contributed by atoms with Crippen LogP contribution in [0.3, 0.4) is 0 Å². The second kappa shape index (κ2) is 7.66. The summed E-state index contributed by atoms with van der Waals surface area (Å²) >= 11 is 0. The fourth-order valence-electron chi connectivity index (χ4n) is 2.95. The SMILES string of the molecule is CS(=O)c1ccc(C(O)(c2ccccc2)c2ccc(S(C)=O)cc2)cc1. The summed E-state index contributed by atoms with van der Waals surface area (Å²) in [6, 6.07) is 23.7. The Kier molecular flexibility index (Phi) is 5.51. The maximum absolute atomic E-state index is 11.7. The Morgan fingerprint density at radius 3 is 1.31 bits per heavy atom. The van der Waals surface area contributed by atoms with Crippen LogP contribution >= 0.6 is 0 Å². The molecule has 0 aromatic heterocycles. The molecule has 0 saturated carbocycles. The maximum Gasteiger partial charge on any atom is 0.140 e. The van der Waals surface area contributed by atoms with Crippen molar-refractivity contribution in [3.8, 4) is 0 Å². The average molecular weight is 385 g/mol. The first kappa shape index (κ1) is 18.7. The number of rotatable bonds is 5. The van der Waals surface area contributed by atoms with E-state index in [-0.39, 0.29) is 0 Å². The molecule has 3 aromatic rings. The third-order valence-corrected chi connectivity index (χ3v) is 6.27. The van der Waals surface area contributed by atoms with Gasteiger partial charge in [-0.25, -0.2) is 0 Å². The molecule has 134 valence electrons. The van der Waals surface area contributed by atoms with Gasteiger partial charge in [-0.05, 0) is 41.0 Å². The summed E-state index contributed by atoms with van der Waals surface area (Å²) in [6.45, 7) is 0. The molecule has 0 aliphatic heterocycles. The van der Waals surface area contributed by atoms with Crippen molar-refractivity contribution in [2.75, 3.05) is 12.5 Å². The average Bonchev–Trinajstić information content (AvgIpc) is 2.68. The first-order valence-electron chi connectivity index (χ1n) is 8.09. The minimum Gasteiger partial charge on any atom is -0.376 e. The predicted octanol–water partition coefficient (Wildman–Crippen LogP) is 3.45. The molecule has 0 spiro atoms. The standard InChI is InChI=1S/C21H20O3S2/c1-25(23)19-12-8-17(9-13-19)21(22,16-6-4-3-5-7-16)18-10-14-20(15-11-18)26(2)24/h3-15,22H,1-2H3. The van der Waals surface area contributed by atoms with Crippen molar-refractivity contribution in [2.45, 2.75) is 15.4 Å². The van der Waals surface area contributed by atoms with Crippen LogP contribution in [-0.4, -0.2) is 26.0 Å². The lowest BCUT2D eigenvalue weighted by molar-refractivity contribution is 0.125. The smallest absolute Gasteiger partial charge is 0.140 e. The highest BCUT2D eigenvalue weighted by atomic mass is 32.2. The first-order valence-corrected chi connectivity index (χ1v) is 11.2. The number of hydrogen-bond acceptors (Lipinski definition) is 3. The Bertz CT molecular complexity index is 876. The number of benzene rings is 3. The van der Waals surface area contributed by atoms with E-state index in [4.69, 9.17) is 0 Å². The molecule has 1 N–H and O–H groups in total. The van der Waals surface area contributed by atoms with E-state index in [9.17, 15) is 13.5 Å². The van der Waals surface area contributed by atoms with E-state index in [2.05, 4.69) is 0 Å². The highest BCUT2D eigenvalue weighted by Gasteiger charge is 2.33. The Balaban J connectivity index is 2.17. The Morgan fingerprint density at radius 2 is 0.962 bits per heavy atom. The van der Waals surface area contributed by atoms with Gasteiger partial charge in [0.1, 0.15) is 5.60 Å². The number of hydrogen-bond donors (Lipinski definition) is 1. The molecule has 2 unspecified atom stereocenters. The molecule has 0 fully saturated rings. The van der Waals surface area contributed by atoms with Crippen LogP contribution in [0.2, 0.25) is 0 Å². The topological polar surface area (TPSA) is 54.4 Å². The van der Waals surface area contributed by atoms with Crippen molar-refractivity contribution in [1.29, 1.82) is 0 Å². The van der Waals surface area contributed by atoms with E-state index in [1.807, 2.05) is 30.3 Å². The van der Waals surface area contributed by atoms with Crippen LogP contribution in [0.4, 0.5) is 0 Å². The zero-order chi connectivity index (χ0) is 18.7. The summed E-state index contributed by atoms with van der Waals surface area (Å²) in [4.78, 5) is 1.42. The largest absolute Gasteiger partial charge is 0.376 e. The zero-order valence-electron chi connectivity index (χ0n) is 14.6. The van der Waals surface area contributed by atoms with E-state index in [0.717, 1.165) is 5.56 Å². The molecule has 0 heterocycles. The van der Waals surface area contributed by atoms with Gasteiger partial charge >= 0.3 is 0 Å². The van der Waals surface area contributed by atoms with E-state index in [1.165, 1.54) is 0 Å². The van der Waals surface area contributed by atoms with Crippen molar-refractivity contribution >= 4 is 21.6 Å². The van der Waals surface area contributed by atoms with Crippen molar-refractivity contribution in [3.05, 3.63) is 95.6 Å². The Morgan fingerprint density at radius 1 is 0.615 bits per heavy atom. The van der Waals surface area contributed by atoms with Gasteiger partial charge in [0.25, 0.3) is 0 Å². The van der Waals surface area contributed by atoms with Gasteiger partial charge in [-0.15, -0.1) is 0 Å². The molecule has 3 rings (SSSR count). The van der Waals surface area contributed by atoms with Gasteiger partial charge in [-0.2, -0.15) is 0 Å². The molecular weight excluding hydrogens is 364 g/mol. The fourth-order valence-corrected chi connectivity index (χ4v) is 3.99. The van der Waals surface area contributed by atoms with Crippen LogP contribution in [-0.2, 0) is 27.2 Å². The van der Waals surface area contributed by atoms with Gasteiger partial charge in [0.05, 0.1) is 0 Å². The third kappa shape index (κ3) is 3.56. The molecule has 3 nitrogen and oxygen atoms in total. The summed E-state index contributed by atoms with van der Waals surface area (Å²) in [5.41, 5.74) is 0.741. The summed E-state index contributed by atoms with van der Waals surface area (Å²) < 4.78 is 23.3. The van der Waals surface area contributed by atoms with E-state index < -0.39 is 27.2 Å². The third-order valence-electron chi connectivity index (χ3n) is 4.40. The summed E-state index contributed by atoms with van der Waals surface area (Å²) in [7, 11) is -2.15. The monoisotopic (exact) mass is 384 g/mol. The van der Waals surface area contributed by atoms with Crippen LogP contribution in [0.5, 0.6) is 0 Å². The quantitative estimate of drug-likeness (QED) is 0.686. The highest BCUT2D eigenvalue weighted by molar-refractivity contribution is 7.84. The minimum atomic E-state index is -1.36. The van der Waals surface area contributed by atoms with Gasteiger partial charge in [0, 0.05) is 43.9 Å². The second-order valence-electron chi connectivity index (χ2n) is 6.03. The van der Waals surface area contributed by atoms with Gasteiger partial charge < -0.3 is 5.11 Å². The Hall–Kier alpha value is -2.08. The summed E-state index contributed by atoms with van der Waals surface area (Å²) in [6.07, 6.45) is 3.25. The minimum absolute atomic E-state index is 0.684. The molecule has 0 radical (unpaired) electrons. The van der Waals surface area contributed by atoms with Gasteiger partial charge in [0.2, 0.25) is 0 Å². The molecule has 0 saturated heterocycles. The van der Waals surface area contributed by atoms with Crippen LogP contribution < -0.4 is 0 Å². The van der Waals surface area contributed by atoms with Crippen molar-refractivity contribution in [1.82, 2.24) is 0 Å². The zero-order valence-corrected chi connectivity index (χ0v) is 16.2. The second-order valence-corrected chi connectivity index (χ2v) is 8.79. The molecule has 2 atom stereocenters. The summed E-state index contributed by atoms with van der Waals surface area (Å²) in [5, 5.41) is 11.7. The van der Waals surface area contributed by atoms with Crippen LogP contribution in [0.25, 0.3) is 0 Å². The van der Waals surface area contributed by atoms with Crippen LogP contribution in [0, 0.1) is 0 Å². The molecular formula is C21H20O3S2. The highest BCUT2D eigenvalue weighted by Crippen LogP contribution is 2.37. The van der Waals surface area contributed by atoms with E-state index in [0.29, 0.717) is 20.9 Å². The first-order chi connectivity index (χ1) is 12.4. The van der Waals surface area contributed by atoms with Crippen molar-refractivity contribution < 1.29 is 13.5 Å². The van der Waals surface area contributed by atoms with Crippen LogP contribution in [0.1, 0.15) is 16.7 Å². The fraction of sp³-hybridized carbons (Fsp3) is 0.143. The molecule has 26 heavy (non-hydrogen) atoms. The normalized spacial score (nSPS) is 15.8. The van der Waals surface area contributed by atoms with Gasteiger partial charge in [-0.1, -0.05) is 54.6 Å². The lowest BCUT2D eigenvalue weighted by Crippen LogP contribution is -2.28. The van der Waals surface area contributed by atoms with Gasteiger partial charge in [-0.3, -0.25) is 8.42 Å².